The highest BCUT2D eigenvalue weighted by molar-refractivity contribution is 7.87. The first-order chi connectivity index (χ1) is 9.79. The Labute approximate surface area is 130 Å². The molecule has 0 aliphatic rings. The molecule has 0 spiro atoms. The van der Waals surface area contributed by atoms with Crippen LogP contribution in [0.3, 0.4) is 0 Å². The molecule has 0 amide bonds. The molecule has 21 heavy (non-hydrogen) atoms. The number of halogens is 1. The zero-order chi connectivity index (χ0) is 15.6. The van der Waals surface area contributed by atoms with E-state index >= 15 is 0 Å². The van der Waals surface area contributed by atoms with Crippen LogP contribution in [0, 0.1) is 6.92 Å². The second kappa shape index (κ2) is 6.08. The van der Waals surface area contributed by atoms with Gasteiger partial charge in [-0.15, -0.1) is 0 Å². The molecule has 0 aromatic heterocycles. The maximum absolute atomic E-state index is 12.2. The van der Waals surface area contributed by atoms with Crippen LogP contribution in [0.1, 0.15) is 30.9 Å². The summed E-state index contributed by atoms with van der Waals surface area (Å²) in [5.74, 6) is 0.693. The maximum atomic E-state index is 12.2. The van der Waals surface area contributed by atoms with Gasteiger partial charge in [-0.05, 0) is 60.4 Å². The normalized spacial score (nSPS) is 11.7. The van der Waals surface area contributed by atoms with Crippen molar-refractivity contribution in [3.63, 3.8) is 0 Å². The third-order valence-corrected chi connectivity index (χ3v) is 4.68. The van der Waals surface area contributed by atoms with Crippen molar-refractivity contribution >= 4 is 21.7 Å². The summed E-state index contributed by atoms with van der Waals surface area (Å²) >= 11 is 5.75. The van der Waals surface area contributed by atoms with Gasteiger partial charge in [0.05, 0.1) is 0 Å². The highest BCUT2D eigenvalue weighted by Gasteiger charge is 2.17. The first-order valence-electron chi connectivity index (χ1n) is 6.60. The summed E-state index contributed by atoms with van der Waals surface area (Å²) in [6.45, 7) is 6.12. The zero-order valence-electron chi connectivity index (χ0n) is 12.1. The average Bonchev–Trinajstić information content (AvgIpc) is 2.38. The lowest BCUT2D eigenvalue weighted by Gasteiger charge is -2.12. The van der Waals surface area contributed by atoms with E-state index in [1.54, 1.807) is 12.1 Å². The van der Waals surface area contributed by atoms with Gasteiger partial charge < -0.3 is 4.18 Å². The van der Waals surface area contributed by atoms with Gasteiger partial charge in [0.2, 0.25) is 0 Å². The molecule has 0 bridgehead atoms. The van der Waals surface area contributed by atoms with Crippen LogP contribution < -0.4 is 4.18 Å². The summed E-state index contributed by atoms with van der Waals surface area (Å²) in [6, 6.07) is 11.2. The van der Waals surface area contributed by atoms with Crippen LogP contribution in [0.5, 0.6) is 5.75 Å². The lowest BCUT2D eigenvalue weighted by molar-refractivity contribution is 0.485. The average molecular weight is 325 g/mol. The first kappa shape index (κ1) is 15.9. The largest absolute Gasteiger partial charge is 0.379 e. The predicted molar refractivity (Wildman–Crippen MR) is 84.5 cm³/mol. The van der Waals surface area contributed by atoms with E-state index in [-0.39, 0.29) is 4.90 Å². The second-order valence-corrected chi connectivity index (χ2v) is 7.15. The lowest BCUT2D eigenvalue weighted by Crippen LogP contribution is -2.10. The van der Waals surface area contributed by atoms with Crippen LogP contribution in [-0.4, -0.2) is 8.42 Å². The summed E-state index contributed by atoms with van der Waals surface area (Å²) in [4.78, 5) is 0.0810. The summed E-state index contributed by atoms with van der Waals surface area (Å²) in [5, 5.41) is 0.478. The van der Waals surface area contributed by atoms with Gasteiger partial charge in [0.1, 0.15) is 10.6 Å². The Kier molecular flexibility index (Phi) is 4.59. The molecule has 2 rings (SSSR count). The monoisotopic (exact) mass is 324 g/mol. The van der Waals surface area contributed by atoms with Crippen LogP contribution >= 0.6 is 11.6 Å². The van der Waals surface area contributed by atoms with Crippen molar-refractivity contribution in [1.29, 1.82) is 0 Å². The molecule has 3 nitrogen and oxygen atoms in total. The molecule has 5 heteroatoms. The quantitative estimate of drug-likeness (QED) is 0.775. The third-order valence-electron chi connectivity index (χ3n) is 3.17. The molecule has 2 aromatic rings. The Morgan fingerprint density at radius 2 is 1.67 bits per heavy atom. The zero-order valence-corrected chi connectivity index (χ0v) is 13.7. The van der Waals surface area contributed by atoms with Crippen molar-refractivity contribution in [1.82, 2.24) is 0 Å². The van der Waals surface area contributed by atoms with Crippen LogP contribution in [0.4, 0.5) is 0 Å². The van der Waals surface area contributed by atoms with Gasteiger partial charge in [-0.2, -0.15) is 8.42 Å². The van der Waals surface area contributed by atoms with Crippen molar-refractivity contribution < 1.29 is 12.6 Å². The number of hydrogen-bond acceptors (Lipinski definition) is 3. The van der Waals surface area contributed by atoms with Gasteiger partial charge in [0.25, 0.3) is 0 Å². The molecule has 0 radical (unpaired) electrons. The minimum Gasteiger partial charge on any atom is -0.379 e. The van der Waals surface area contributed by atoms with Gasteiger partial charge in [-0.1, -0.05) is 31.5 Å². The topological polar surface area (TPSA) is 43.4 Å². The molecule has 0 saturated carbocycles. The van der Waals surface area contributed by atoms with E-state index < -0.39 is 10.1 Å². The SMILES string of the molecule is Cc1cc(OS(=O)(=O)c2ccc(Cl)cc2)ccc1C(C)C. The molecule has 2 aromatic carbocycles. The Morgan fingerprint density at radius 3 is 2.19 bits per heavy atom. The van der Waals surface area contributed by atoms with Gasteiger partial charge in [0.15, 0.2) is 0 Å². The molecular weight excluding hydrogens is 308 g/mol. The second-order valence-electron chi connectivity index (χ2n) is 5.16. The van der Waals surface area contributed by atoms with E-state index in [0.29, 0.717) is 16.7 Å². The fourth-order valence-electron chi connectivity index (χ4n) is 2.12. The van der Waals surface area contributed by atoms with Crippen molar-refractivity contribution in [2.24, 2.45) is 0 Å². The van der Waals surface area contributed by atoms with E-state index in [4.69, 9.17) is 15.8 Å². The highest BCUT2D eigenvalue weighted by Crippen LogP contribution is 2.26. The Bertz CT molecular complexity index is 735. The van der Waals surface area contributed by atoms with E-state index in [2.05, 4.69) is 13.8 Å². The molecule has 0 heterocycles. The van der Waals surface area contributed by atoms with Crippen molar-refractivity contribution in [2.45, 2.75) is 31.6 Å². The molecule has 112 valence electrons. The number of aryl methyl sites for hydroxylation is 1. The van der Waals surface area contributed by atoms with Crippen LogP contribution in [-0.2, 0) is 10.1 Å². The highest BCUT2D eigenvalue weighted by atomic mass is 35.5. The third kappa shape index (κ3) is 3.77. The summed E-state index contributed by atoms with van der Waals surface area (Å²) in [5.41, 5.74) is 2.18. The minimum atomic E-state index is -3.84. The molecule has 0 aliphatic carbocycles. The standard InChI is InChI=1S/C16H17ClO3S/c1-11(2)16-9-6-14(10-12(16)3)20-21(18,19)15-7-4-13(17)5-8-15/h4-11H,1-3H3. The number of hydrogen-bond donors (Lipinski definition) is 0. The summed E-state index contributed by atoms with van der Waals surface area (Å²) in [7, 11) is -3.84. The predicted octanol–water partition coefficient (Wildman–Crippen LogP) is 4.54. The van der Waals surface area contributed by atoms with Crippen LogP contribution in [0.25, 0.3) is 0 Å². The van der Waals surface area contributed by atoms with Gasteiger partial charge in [-0.3, -0.25) is 0 Å². The number of benzene rings is 2. The smallest absolute Gasteiger partial charge is 0.339 e. The Balaban J connectivity index is 2.29. The molecular formula is C16H17ClO3S. The number of rotatable bonds is 4. The van der Waals surface area contributed by atoms with Crippen molar-refractivity contribution in [2.75, 3.05) is 0 Å². The minimum absolute atomic E-state index is 0.0810. The first-order valence-corrected chi connectivity index (χ1v) is 8.39. The lowest BCUT2D eigenvalue weighted by atomic mass is 9.98. The van der Waals surface area contributed by atoms with Gasteiger partial charge >= 0.3 is 10.1 Å². The molecule has 0 N–H and O–H groups in total. The molecule has 0 saturated heterocycles. The van der Waals surface area contributed by atoms with Crippen LogP contribution in [0.2, 0.25) is 5.02 Å². The van der Waals surface area contributed by atoms with Crippen molar-refractivity contribution in [3.8, 4) is 5.75 Å². The molecule has 0 fully saturated rings. The molecule has 0 atom stereocenters. The van der Waals surface area contributed by atoms with Crippen molar-refractivity contribution in [3.05, 3.63) is 58.6 Å². The summed E-state index contributed by atoms with van der Waals surface area (Å²) < 4.78 is 29.5. The molecule has 0 aliphatic heterocycles. The van der Waals surface area contributed by atoms with Crippen LogP contribution in [0.15, 0.2) is 47.4 Å². The molecule has 0 unspecified atom stereocenters. The van der Waals surface area contributed by atoms with E-state index in [9.17, 15) is 8.42 Å². The fourth-order valence-corrected chi connectivity index (χ4v) is 3.17. The van der Waals surface area contributed by atoms with E-state index in [1.165, 1.54) is 29.8 Å². The van der Waals surface area contributed by atoms with E-state index in [0.717, 1.165) is 5.56 Å². The Hall–Kier alpha value is -1.52. The van der Waals surface area contributed by atoms with E-state index in [1.807, 2.05) is 13.0 Å². The maximum Gasteiger partial charge on any atom is 0.339 e. The van der Waals surface area contributed by atoms with Gasteiger partial charge in [0, 0.05) is 5.02 Å². The fraction of sp³-hybridized carbons (Fsp3) is 0.250. The summed E-state index contributed by atoms with van der Waals surface area (Å²) in [6.07, 6.45) is 0. The van der Waals surface area contributed by atoms with Gasteiger partial charge in [-0.25, -0.2) is 0 Å². The Morgan fingerprint density at radius 1 is 1.05 bits per heavy atom.